The van der Waals surface area contributed by atoms with Crippen LogP contribution in [0.2, 0.25) is 0 Å². The van der Waals surface area contributed by atoms with Crippen LogP contribution in [-0.2, 0) is 6.54 Å². The number of aryl methyl sites for hydroxylation is 1. The van der Waals surface area contributed by atoms with Crippen LogP contribution >= 0.6 is 0 Å². The first-order chi connectivity index (χ1) is 14.3. The highest BCUT2D eigenvalue weighted by Gasteiger charge is 2.27. The summed E-state index contributed by atoms with van der Waals surface area (Å²) < 4.78 is 1.37. The Bertz CT molecular complexity index is 1130. The van der Waals surface area contributed by atoms with Crippen molar-refractivity contribution in [2.45, 2.75) is 31.8 Å². The van der Waals surface area contributed by atoms with E-state index in [0.717, 1.165) is 11.3 Å². The van der Waals surface area contributed by atoms with E-state index in [1.165, 1.54) is 4.57 Å². The fourth-order valence-electron chi connectivity index (χ4n) is 3.19. The van der Waals surface area contributed by atoms with E-state index >= 15 is 0 Å². The molecule has 12 heteroatoms. The zero-order valence-corrected chi connectivity index (χ0v) is 16.2. The molecule has 12 nitrogen and oxygen atoms in total. The number of H-pyrrole nitrogens is 1. The number of benzene rings is 1. The Kier molecular flexibility index (Phi) is 6.43. The van der Waals surface area contributed by atoms with Gasteiger partial charge < -0.3 is 36.0 Å². The fourth-order valence-corrected chi connectivity index (χ4v) is 3.19. The predicted octanol–water partition coefficient (Wildman–Crippen LogP) is -2.66. The molecule has 0 saturated heterocycles. The summed E-state index contributed by atoms with van der Waals surface area (Å²) in [7, 11) is 0. The molecule has 0 aromatic heterocycles. The number of rotatable bonds is 8. The first-order valence-electron chi connectivity index (χ1n) is 9.31. The van der Waals surface area contributed by atoms with Crippen molar-refractivity contribution < 1.29 is 20.4 Å². The molecule has 1 aromatic carbocycles. The molecule has 0 bridgehead atoms. The normalized spacial score (nSPS) is 14.7. The van der Waals surface area contributed by atoms with E-state index in [2.05, 4.69) is 20.3 Å². The van der Waals surface area contributed by atoms with Crippen molar-refractivity contribution in [2.75, 3.05) is 25.0 Å². The van der Waals surface area contributed by atoms with Gasteiger partial charge in [-0.15, -0.1) is 0 Å². The second-order valence-electron chi connectivity index (χ2n) is 6.94. The fraction of sp³-hybridized carbons (Fsp3) is 0.444. The second-order valence-corrected chi connectivity index (χ2v) is 6.94. The van der Waals surface area contributed by atoms with Gasteiger partial charge in [0.25, 0.3) is 5.56 Å². The molecule has 0 unspecified atom stereocenters. The minimum absolute atomic E-state index is 0.0883. The van der Waals surface area contributed by atoms with Crippen LogP contribution in [0.5, 0.6) is 0 Å². The number of nitrogens with two attached hydrogens (primary N) is 1. The van der Waals surface area contributed by atoms with Crippen molar-refractivity contribution in [3.05, 3.63) is 38.5 Å². The van der Waals surface area contributed by atoms with Gasteiger partial charge in [0.2, 0.25) is 0 Å². The highest BCUT2D eigenvalue weighted by Crippen LogP contribution is 2.27. The van der Waals surface area contributed by atoms with Gasteiger partial charge in [0.15, 0.2) is 11.5 Å². The lowest BCUT2D eigenvalue weighted by Gasteiger charge is -2.25. The molecule has 2 aliphatic heterocycles. The number of nitrogens with one attached hydrogen (secondary N) is 2. The molecule has 2 aliphatic rings. The molecule has 1 aromatic rings. The first-order valence-corrected chi connectivity index (χ1v) is 9.31. The summed E-state index contributed by atoms with van der Waals surface area (Å²) in [6.45, 7) is 1.65. The van der Waals surface area contributed by atoms with Crippen molar-refractivity contribution in [3.8, 4) is 11.5 Å². The largest absolute Gasteiger partial charge is 0.394 e. The van der Waals surface area contributed by atoms with E-state index in [0.29, 0.717) is 24.1 Å². The summed E-state index contributed by atoms with van der Waals surface area (Å²) in [6, 6.07) is 3.43. The van der Waals surface area contributed by atoms with E-state index in [1.54, 1.807) is 12.1 Å². The molecule has 0 amide bonds. The maximum absolute atomic E-state index is 12.3. The molecule has 162 valence electrons. The molecular formula is C18H24N6O6. The first kappa shape index (κ1) is 21.8. The Morgan fingerprint density at radius 2 is 1.93 bits per heavy atom. The summed E-state index contributed by atoms with van der Waals surface area (Å²) >= 11 is 0. The third kappa shape index (κ3) is 4.17. The monoisotopic (exact) mass is 420 g/mol. The molecule has 2 heterocycles. The zero-order chi connectivity index (χ0) is 22.0. The lowest BCUT2D eigenvalue weighted by molar-refractivity contribution is -0.0802. The zero-order valence-electron chi connectivity index (χ0n) is 16.2. The second kappa shape index (κ2) is 8.85. The molecule has 8 N–H and O–H groups in total. The predicted molar refractivity (Wildman–Crippen MR) is 108 cm³/mol. The van der Waals surface area contributed by atoms with Crippen LogP contribution in [0.15, 0.2) is 21.7 Å². The van der Waals surface area contributed by atoms with Gasteiger partial charge in [-0.05, 0) is 24.6 Å². The van der Waals surface area contributed by atoms with Crippen LogP contribution in [0.25, 0.3) is 22.6 Å². The van der Waals surface area contributed by atoms with E-state index < -0.39 is 36.2 Å². The summed E-state index contributed by atoms with van der Waals surface area (Å²) in [6.07, 6.45) is -4.78. The Labute approximate surface area is 170 Å². The van der Waals surface area contributed by atoms with Crippen LogP contribution in [0, 0.1) is 6.92 Å². The van der Waals surface area contributed by atoms with Crippen molar-refractivity contribution in [3.63, 3.8) is 0 Å². The van der Waals surface area contributed by atoms with Gasteiger partial charge >= 0.3 is 5.69 Å². The number of aromatic nitrogens is 4. The number of aliphatic hydroxyl groups is 4. The number of hydrogen-bond donors (Lipinski definition) is 7. The highest BCUT2D eigenvalue weighted by atomic mass is 16.4. The Balaban J connectivity index is 2.25. The molecule has 0 aliphatic carbocycles. The minimum Gasteiger partial charge on any atom is -0.394 e. The van der Waals surface area contributed by atoms with Gasteiger partial charge in [-0.3, -0.25) is 9.78 Å². The van der Waals surface area contributed by atoms with Gasteiger partial charge in [-0.25, -0.2) is 9.78 Å². The van der Waals surface area contributed by atoms with E-state index in [1.807, 2.05) is 6.92 Å². The minimum atomic E-state index is -1.67. The van der Waals surface area contributed by atoms with Crippen molar-refractivity contribution in [2.24, 2.45) is 5.73 Å². The Hall–Kier alpha value is -2.90. The summed E-state index contributed by atoms with van der Waals surface area (Å²) in [5, 5.41) is 42.3. The number of hydrogen-bond acceptors (Lipinski definition) is 10. The van der Waals surface area contributed by atoms with Crippen molar-refractivity contribution in [1.29, 1.82) is 0 Å². The lowest BCUT2D eigenvalue weighted by atomic mass is 10.1. The van der Waals surface area contributed by atoms with Crippen LogP contribution in [0.3, 0.4) is 0 Å². The Morgan fingerprint density at radius 1 is 1.20 bits per heavy atom. The van der Waals surface area contributed by atoms with Gasteiger partial charge in [0, 0.05) is 18.8 Å². The van der Waals surface area contributed by atoms with Gasteiger partial charge in [-0.2, -0.15) is 4.98 Å². The number of anilines is 1. The van der Waals surface area contributed by atoms with E-state index in [-0.39, 0.29) is 18.1 Å². The average Bonchev–Trinajstić information content (AvgIpc) is 2.71. The van der Waals surface area contributed by atoms with Crippen molar-refractivity contribution in [1.82, 2.24) is 19.5 Å². The van der Waals surface area contributed by atoms with Gasteiger partial charge in [0.1, 0.15) is 18.3 Å². The SMILES string of the molecule is Cc1cc2nc3c(=O)[nH]c(=O)nc-3n(C[C@H](O)[C@H](O)[C@H](O)CO)c2cc1NCCN. The Morgan fingerprint density at radius 3 is 2.60 bits per heavy atom. The smallest absolute Gasteiger partial charge is 0.349 e. The maximum atomic E-state index is 12.3. The van der Waals surface area contributed by atoms with E-state index in [4.69, 9.17) is 10.8 Å². The van der Waals surface area contributed by atoms with Crippen LogP contribution in [0.4, 0.5) is 5.69 Å². The topological polar surface area (TPSA) is 200 Å². The molecule has 30 heavy (non-hydrogen) atoms. The molecule has 3 rings (SSSR count). The standard InChI is InChI=1S/C18H24N6O6/c1-8-4-10-11(5-9(8)20-3-2-19)24(6-12(26)15(28)13(27)7-25)16-14(21-10)17(29)23-18(30)22-16/h4-5,12-13,15,20,25-28H,2-3,6-7,19H2,1H3,(H,23,29,30)/t12-,13+,15-/m0/s1. The van der Waals surface area contributed by atoms with Crippen molar-refractivity contribution >= 4 is 16.7 Å². The third-order valence-electron chi connectivity index (χ3n) is 4.76. The molecule has 0 fully saturated rings. The third-order valence-corrected chi connectivity index (χ3v) is 4.76. The number of fused-ring (bicyclic) bond motifs is 2. The van der Waals surface area contributed by atoms with Crippen LogP contribution in [0.1, 0.15) is 5.56 Å². The highest BCUT2D eigenvalue weighted by molar-refractivity contribution is 5.84. The lowest BCUT2D eigenvalue weighted by Crippen LogP contribution is -2.42. The quantitative estimate of drug-likeness (QED) is 0.189. The summed E-state index contributed by atoms with van der Waals surface area (Å²) in [4.78, 5) is 34.3. The maximum Gasteiger partial charge on any atom is 0.349 e. The number of aliphatic hydroxyl groups excluding tert-OH is 4. The molecule has 0 radical (unpaired) electrons. The van der Waals surface area contributed by atoms with Gasteiger partial charge in [0.05, 0.1) is 24.2 Å². The molecular weight excluding hydrogens is 396 g/mol. The van der Waals surface area contributed by atoms with Crippen LogP contribution < -0.4 is 22.3 Å². The number of nitrogens with zero attached hydrogens (tertiary/aromatic N) is 3. The molecule has 0 saturated carbocycles. The number of aromatic amines is 1. The summed E-state index contributed by atoms with van der Waals surface area (Å²) in [5.74, 6) is -0.0883. The van der Waals surface area contributed by atoms with Gasteiger partial charge in [-0.1, -0.05) is 0 Å². The average molecular weight is 420 g/mol. The van der Waals surface area contributed by atoms with E-state index in [9.17, 15) is 24.9 Å². The van der Waals surface area contributed by atoms with Crippen LogP contribution in [-0.4, -0.2) is 78.0 Å². The molecule has 3 atom stereocenters. The summed E-state index contributed by atoms with van der Waals surface area (Å²) in [5.41, 5.74) is 6.18. The molecule has 0 spiro atoms.